The molecule has 2 heterocycles. The molecular weight excluding hydrogens is 354 g/mol. The molecule has 0 fully saturated rings. The van der Waals surface area contributed by atoms with Crippen molar-refractivity contribution >= 4 is 33.6 Å². The molecule has 0 aliphatic carbocycles. The van der Waals surface area contributed by atoms with Gasteiger partial charge >= 0.3 is 0 Å². The van der Waals surface area contributed by atoms with Crippen molar-refractivity contribution in [3.05, 3.63) is 49.7 Å². The lowest BCUT2D eigenvalue weighted by molar-refractivity contribution is 0.0880. The number of nitrogens with zero attached hydrogens (tertiary/aromatic N) is 1. The summed E-state index contributed by atoms with van der Waals surface area (Å²) in [6.07, 6.45) is 0. The first kappa shape index (κ1) is 14.3. The number of halogens is 1. The van der Waals surface area contributed by atoms with Crippen LogP contribution in [0.25, 0.3) is 5.69 Å². The van der Waals surface area contributed by atoms with E-state index in [0.29, 0.717) is 10.0 Å². The first-order chi connectivity index (χ1) is 10.3. The molecular formula is C14H10BrN3O4. The Morgan fingerprint density at radius 3 is 2.59 bits per heavy atom. The number of imide groups is 1. The average molecular weight is 364 g/mol. The van der Waals surface area contributed by atoms with Crippen LogP contribution in [0.2, 0.25) is 0 Å². The molecule has 0 unspecified atom stereocenters. The highest BCUT2D eigenvalue weighted by atomic mass is 79.9. The van der Waals surface area contributed by atoms with Gasteiger partial charge in [-0.2, -0.15) is 0 Å². The molecule has 0 saturated heterocycles. The molecule has 8 heteroatoms. The minimum Gasteiger partial charge on any atom is -0.506 e. The molecule has 7 nitrogen and oxygen atoms in total. The number of amides is 2. The van der Waals surface area contributed by atoms with Crippen molar-refractivity contribution in [3.8, 4) is 11.4 Å². The zero-order valence-electron chi connectivity index (χ0n) is 11.3. The number of fused-ring (bicyclic) bond motifs is 1. The fraction of sp³-hybridized carbons (Fsp3) is 0.0714. The Kier molecular flexibility index (Phi) is 3.06. The van der Waals surface area contributed by atoms with E-state index >= 15 is 0 Å². The number of rotatable bonds is 1. The topological polar surface area (TPSA) is 114 Å². The predicted molar refractivity (Wildman–Crippen MR) is 82.3 cm³/mol. The largest absolute Gasteiger partial charge is 0.506 e. The lowest BCUT2D eigenvalue weighted by atomic mass is 10.1. The van der Waals surface area contributed by atoms with Gasteiger partial charge in [0, 0.05) is 10.5 Å². The number of carbonyl (C=O) groups excluding carboxylic acids is 2. The zero-order valence-corrected chi connectivity index (χ0v) is 12.9. The number of nitrogen functional groups attached to an aromatic ring is 1. The van der Waals surface area contributed by atoms with Gasteiger partial charge < -0.3 is 10.8 Å². The molecule has 3 rings (SSSR count). The maximum atomic E-state index is 12.3. The third kappa shape index (κ3) is 1.84. The van der Waals surface area contributed by atoms with Gasteiger partial charge in [-0.25, -0.2) is 0 Å². The van der Waals surface area contributed by atoms with Gasteiger partial charge in [0.15, 0.2) is 0 Å². The van der Waals surface area contributed by atoms with E-state index in [1.165, 1.54) is 6.07 Å². The summed E-state index contributed by atoms with van der Waals surface area (Å²) < 4.78 is 1.68. The van der Waals surface area contributed by atoms with Gasteiger partial charge in [-0.1, -0.05) is 15.9 Å². The summed E-state index contributed by atoms with van der Waals surface area (Å²) in [5.74, 6) is -1.69. The highest BCUT2D eigenvalue weighted by Crippen LogP contribution is 2.33. The second-order valence-corrected chi connectivity index (χ2v) is 5.67. The van der Waals surface area contributed by atoms with Gasteiger partial charge in [0.2, 0.25) is 0 Å². The van der Waals surface area contributed by atoms with Crippen LogP contribution in [-0.4, -0.2) is 21.5 Å². The molecule has 0 radical (unpaired) electrons. The van der Waals surface area contributed by atoms with E-state index in [0.717, 1.165) is 10.6 Å². The maximum absolute atomic E-state index is 12.3. The van der Waals surface area contributed by atoms with E-state index in [9.17, 15) is 19.5 Å². The van der Waals surface area contributed by atoms with Crippen LogP contribution < -0.4 is 16.6 Å². The molecule has 4 N–H and O–H groups in total. The SMILES string of the molecule is Cc1c(Br)ccc(O)c1-n1c(N)c2c(cc1=O)C(=O)NC2=O. The number of phenolic OH excluding ortho intramolecular Hbond substituents is 1. The number of hydrogen-bond acceptors (Lipinski definition) is 5. The van der Waals surface area contributed by atoms with Crippen LogP contribution in [-0.2, 0) is 0 Å². The van der Waals surface area contributed by atoms with E-state index < -0.39 is 17.4 Å². The Bertz CT molecular complexity index is 917. The summed E-state index contributed by atoms with van der Waals surface area (Å²) in [6.45, 7) is 1.68. The lowest BCUT2D eigenvalue weighted by Gasteiger charge is -2.16. The van der Waals surface area contributed by atoms with Gasteiger partial charge in [-0.15, -0.1) is 0 Å². The summed E-state index contributed by atoms with van der Waals surface area (Å²) >= 11 is 3.31. The van der Waals surface area contributed by atoms with Gasteiger partial charge in [0.05, 0.1) is 16.8 Å². The third-order valence-corrected chi connectivity index (χ3v) is 4.38. The number of phenols is 1. The predicted octanol–water partition coefficient (Wildman–Crippen LogP) is 1.08. The number of aromatic hydroxyl groups is 1. The molecule has 1 aliphatic heterocycles. The number of anilines is 1. The van der Waals surface area contributed by atoms with Crippen LogP contribution in [0.15, 0.2) is 27.5 Å². The smallest absolute Gasteiger partial charge is 0.262 e. The van der Waals surface area contributed by atoms with Crippen LogP contribution in [0.4, 0.5) is 5.82 Å². The molecule has 112 valence electrons. The van der Waals surface area contributed by atoms with Crippen molar-refractivity contribution in [1.29, 1.82) is 0 Å². The summed E-state index contributed by atoms with van der Waals surface area (Å²) in [6, 6.07) is 4.06. The first-order valence-electron chi connectivity index (χ1n) is 6.22. The Labute approximate surface area is 132 Å². The van der Waals surface area contributed by atoms with Crippen molar-refractivity contribution in [2.75, 3.05) is 5.73 Å². The van der Waals surface area contributed by atoms with E-state index in [2.05, 4.69) is 21.2 Å². The van der Waals surface area contributed by atoms with Crippen molar-refractivity contribution in [2.45, 2.75) is 6.92 Å². The van der Waals surface area contributed by atoms with Crippen LogP contribution in [0, 0.1) is 6.92 Å². The standard InChI is InChI=1S/C14H10BrN3O4/c1-5-7(15)2-3-8(19)11(5)18-9(20)4-6-10(12(18)16)14(22)17-13(6)21/h2-4,19H,16H2,1H3,(H,17,21,22). The van der Waals surface area contributed by atoms with Crippen molar-refractivity contribution in [3.63, 3.8) is 0 Å². The van der Waals surface area contributed by atoms with Crippen LogP contribution >= 0.6 is 15.9 Å². The van der Waals surface area contributed by atoms with Gasteiger partial charge in [0.1, 0.15) is 11.6 Å². The molecule has 22 heavy (non-hydrogen) atoms. The Morgan fingerprint density at radius 1 is 1.23 bits per heavy atom. The normalized spacial score (nSPS) is 13.2. The molecule has 1 aromatic heterocycles. The number of carbonyl (C=O) groups is 2. The molecule has 2 aromatic rings. The number of benzene rings is 1. The Hall–Kier alpha value is -2.61. The van der Waals surface area contributed by atoms with Crippen molar-refractivity contribution < 1.29 is 14.7 Å². The summed E-state index contributed by atoms with van der Waals surface area (Å²) in [5.41, 5.74) is 5.92. The minimum absolute atomic E-state index is 0.0594. The number of pyridine rings is 1. The molecule has 0 bridgehead atoms. The van der Waals surface area contributed by atoms with Crippen LogP contribution in [0.3, 0.4) is 0 Å². The fourth-order valence-corrected chi connectivity index (χ4v) is 2.77. The highest BCUT2D eigenvalue weighted by molar-refractivity contribution is 9.10. The average Bonchev–Trinajstić information content (AvgIpc) is 2.73. The molecule has 0 saturated carbocycles. The van der Waals surface area contributed by atoms with Crippen LogP contribution in [0.1, 0.15) is 26.3 Å². The van der Waals surface area contributed by atoms with Gasteiger partial charge in [-0.3, -0.25) is 24.3 Å². The summed E-state index contributed by atoms with van der Waals surface area (Å²) in [4.78, 5) is 35.8. The minimum atomic E-state index is -0.668. The van der Waals surface area contributed by atoms with Crippen molar-refractivity contribution in [2.24, 2.45) is 0 Å². The molecule has 1 aliphatic rings. The van der Waals surface area contributed by atoms with Crippen molar-refractivity contribution in [1.82, 2.24) is 9.88 Å². The monoisotopic (exact) mass is 363 g/mol. The lowest BCUT2D eigenvalue weighted by Crippen LogP contribution is -2.24. The maximum Gasteiger partial charge on any atom is 0.262 e. The second kappa shape index (κ2) is 4.70. The van der Waals surface area contributed by atoms with E-state index in [-0.39, 0.29) is 28.4 Å². The number of nitrogens with one attached hydrogen (secondary N) is 1. The van der Waals surface area contributed by atoms with Crippen LogP contribution in [0.5, 0.6) is 5.75 Å². The third-order valence-electron chi connectivity index (χ3n) is 3.52. The fourth-order valence-electron chi connectivity index (χ4n) is 2.45. The quantitative estimate of drug-likeness (QED) is 0.655. The number of hydrogen-bond donors (Lipinski definition) is 3. The van der Waals surface area contributed by atoms with E-state index in [1.54, 1.807) is 13.0 Å². The van der Waals surface area contributed by atoms with E-state index in [4.69, 9.17) is 5.73 Å². The Balaban J connectivity index is 2.43. The first-order valence-corrected chi connectivity index (χ1v) is 7.02. The molecule has 1 aromatic carbocycles. The highest BCUT2D eigenvalue weighted by Gasteiger charge is 2.32. The number of aromatic nitrogens is 1. The molecule has 0 atom stereocenters. The van der Waals surface area contributed by atoms with Gasteiger partial charge in [0.25, 0.3) is 17.4 Å². The number of nitrogens with two attached hydrogens (primary N) is 1. The second-order valence-electron chi connectivity index (χ2n) is 4.82. The molecule has 2 amide bonds. The zero-order chi connectivity index (χ0) is 16.2. The van der Waals surface area contributed by atoms with Gasteiger partial charge in [-0.05, 0) is 24.6 Å². The van der Waals surface area contributed by atoms with E-state index in [1.807, 2.05) is 0 Å². The summed E-state index contributed by atoms with van der Waals surface area (Å²) in [5, 5.41) is 12.2. The summed E-state index contributed by atoms with van der Waals surface area (Å²) in [7, 11) is 0. The molecule has 0 spiro atoms. The Morgan fingerprint density at radius 2 is 1.91 bits per heavy atom.